The Morgan fingerprint density at radius 1 is 1.00 bits per heavy atom. The van der Waals surface area contributed by atoms with Crippen LogP contribution in [0.5, 0.6) is 0 Å². The quantitative estimate of drug-likeness (QED) is 0.523. The minimum Gasteiger partial charge on any atom is -0.366 e. The van der Waals surface area contributed by atoms with Crippen LogP contribution >= 0.6 is 0 Å². The van der Waals surface area contributed by atoms with Crippen molar-refractivity contribution in [2.75, 3.05) is 5.32 Å². The molecule has 4 rings (SSSR count). The van der Waals surface area contributed by atoms with E-state index in [-0.39, 0.29) is 12.5 Å². The number of rotatable bonds is 6. The normalized spacial score (nSPS) is 10.6. The maximum atomic E-state index is 12.4. The second-order valence-electron chi connectivity index (χ2n) is 6.23. The Morgan fingerprint density at radius 2 is 1.83 bits per heavy atom. The average Bonchev–Trinajstić information content (AvgIpc) is 3.38. The summed E-state index contributed by atoms with van der Waals surface area (Å²) in [5.74, 6) is -0.210. The van der Waals surface area contributed by atoms with Gasteiger partial charge >= 0.3 is 0 Å². The van der Waals surface area contributed by atoms with Crippen LogP contribution in [-0.4, -0.2) is 36.4 Å². The van der Waals surface area contributed by atoms with Crippen LogP contribution in [0.4, 0.5) is 5.82 Å². The largest absolute Gasteiger partial charge is 0.366 e. The molecule has 0 spiro atoms. The highest BCUT2D eigenvalue weighted by Crippen LogP contribution is 2.17. The second kappa shape index (κ2) is 7.77. The summed E-state index contributed by atoms with van der Waals surface area (Å²) in [4.78, 5) is 27.8. The number of nitrogens with two attached hydrogens (primary N) is 1. The molecule has 29 heavy (non-hydrogen) atoms. The first-order valence-corrected chi connectivity index (χ1v) is 8.78. The zero-order valence-electron chi connectivity index (χ0n) is 15.3. The van der Waals surface area contributed by atoms with Crippen LogP contribution in [0.3, 0.4) is 0 Å². The molecule has 144 valence electrons. The molecule has 0 bridgehead atoms. The lowest BCUT2D eigenvalue weighted by Gasteiger charge is -2.09. The van der Waals surface area contributed by atoms with Crippen LogP contribution < -0.4 is 11.1 Å². The van der Waals surface area contributed by atoms with Crippen LogP contribution in [0.15, 0.2) is 73.3 Å². The fourth-order valence-electron chi connectivity index (χ4n) is 2.80. The van der Waals surface area contributed by atoms with E-state index in [0.717, 1.165) is 11.3 Å². The van der Waals surface area contributed by atoms with Gasteiger partial charge in [0, 0.05) is 24.0 Å². The lowest BCUT2D eigenvalue weighted by Crippen LogP contribution is -2.20. The molecule has 0 saturated heterocycles. The zero-order chi connectivity index (χ0) is 20.2. The first-order chi connectivity index (χ1) is 14.1. The molecule has 4 aromatic rings. The molecule has 3 aromatic heterocycles. The number of hydrogen-bond donors (Lipinski definition) is 2. The van der Waals surface area contributed by atoms with Gasteiger partial charge in [-0.3, -0.25) is 19.3 Å². The number of hydrogen-bond acceptors (Lipinski definition) is 5. The number of nitrogens with one attached hydrogen (secondary N) is 1. The van der Waals surface area contributed by atoms with Gasteiger partial charge in [0.15, 0.2) is 0 Å². The van der Waals surface area contributed by atoms with Crippen molar-refractivity contribution in [2.45, 2.75) is 6.54 Å². The summed E-state index contributed by atoms with van der Waals surface area (Å²) in [6.07, 6.45) is 6.34. The van der Waals surface area contributed by atoms with E-state index in [4.69, 9.17) is 5.73 Å². The predicted octanol–water partition coefficient (Wildman–Crippen LogP) is 1.87. The third-order valence-electron chi connectivity index (χ3n) is 4.19. The number of pyridine rings is 1. The number of carbonyl (C=O) groups is 2. The molecule has 9 heteroatoms. The summed E-state index contributed by atoms with van der Waals surface area (Å²) in [6, 6.07) is 14.5. The molecule has 0 aliphatic rings. The Labute approximate surface area is 165 Å². The van der Waals surface area contributed by atoms with E-state index in [9.17, 15) is 9.59 Å². The third kappa shape index (κ3) is 4.03. The first kappa shape index (κ1) is 18.1. The Hall–Kier alpha value is -4.27. The lowest BCUT2D eigenvalue weighted by molar-refractivity contribution is -0.116. The summed E-state index contributed by atoms with van der Waals surface area (Å²) in [6.45, 7) is 0.0271. The van der Waals surface area contributed by atoms with Gasteiger partial charge in [-0.05, 0) is 24.3 Å². The Balaban J connectivity index is 1.44. The molecule has 3 N–H and O–H groups in total. The van der Waals surface area contributed by atoms with Crippen molar-refractivity contribution in [3.05, 3.63) is 78.9 Å². The number of aromatic nitrogens is 5. The van der Waals surface area contributed by atoms with Crippen LogP contribution in [-0.2, 0) is 11.3 Å². The molecule has 0 aliphatic carbocycles. The fourth-order valence-corrected chi connectivity index (χ4v) is 2.80. The molecule has 0 aliphatic heterocycles. The zero-order valence-corrected chi connectivity index (χ0v) is 15.3. The van der Waals surface area contributed by atoms with Gasteiger partial charge in [0.1, 0.15) is 12.4 Å². The van der Waals surface area contributed by atoms with Gasteiger partial charge in [-0.25, -0.2) is 4.68 Å². The number of anilines is 1. The van der Waals surface area contributed by atoms with Gasteiger partial charge in [-0.1, -0.05) is 18.2 Å². The summed E-state index contributed by atoms with van der Waals surface area (Å²) in [5.41, 5.74) is 7.75. The molecular weight excluding hydrogens is 370 g/mol. The number of primary amides is 1. The highest BCUT2D eigenvalue weighted by atomic mass is 16.2. The van der Waals surface area contributed by atoms with E-state index in [1.807, 2.05) is 30.3 Å². The summed E-state index contributed by atoms with van der Waals surface area (Å²) >= 11 is 0. The van der Waals surface area contributed by atoms with Crippen molar-refractivity contribution in [1.82, 2.24) is 24.5 Å². The SMILES string of the molecule is NC(=O)c1ccc(-c2cnn(CC(=O)Nc3ccnn3-c3ccccc3)c2)nc1. The van der Waals surface area contributed by atoms with Gasteiger partial charge in [-0.2, -0.15) is 10.2 Å². The Bertz CT molecular complexity index is 1150. The maximum absolute atomic E-state index is 12.4. The van der Waals surface area contributed by atoms with E-state index in [0.29, 0.717) is 17.1 Å². The topological polar surface area (TPSA) is 121 Å². The minimum atomic E-state index is -0.536. The van der Waals surface area contributed by atoms with Crippen molar-refractivity contribution in [3.8, 4) is 16.9 Å². The van der Waals surface area contributed by atoms with Gasteiger partial charge in [0.2, 0.25) is 11.8 Å². The molecule has 0 fully saturated rings. The third-order valence-corrected chi connectivity index (χ3v) is 4.19. The predicted molar refractivity (Wildman–Crippen MR) is 106 cm³/mol. The van der Waals surface area contributed by atoms with Crippen molar-refractivity contribution >= 4 is 17.6 Å². The molecule has 0 atom stereocenters. The van der Waals surface area contributed by atoms with Crippen molar-refractivity contribution in [1.29, 1.82) is 0 Å². The first-order valence-electron chi connectivity index (χ1n) is 8.78. The van der Waals surface area contributed by atoms with Crippen molar-refractivity contribution in [3.63, 3.8) is 0 Å². The number of carbonyl (C=O) groups excluding carboxylic acids is 2. The van der Waals surface area contributed by atoms with Gasteiger partial charge in [-0.15, -0.1) is 0 Å². The number of nitrogens with zero attached hydrogens (tertiary/aromatic N) is 5. The maximum Gasteiger partial charge on any atom is 0.250 e. The molecule has 2 amide bonds. The van der Waals surface area contributed by atoms with Crippen LogP contribution in [0.25, 0.3) is 16.9 Å². The smallest absolute Gasteiger partial charge is 0.250 e. The molecular formula is C20H17N7O2. The Kier molecular flexibility index (Phi) is 4.85. The molecule has 0 unspecified atom stereocenters. The molecule has 9 nitrogen and oxygen atoms in total. The van der Waals surface area contributed by atoms with E-state index in [1.165, 1.54) is 10.9 Å². The van der Waals surface area contributed by atoms with Crippen molar-refractivity contribution < 1.29 is 9.59 Å². The molecule has 1 aromatic carbocycles. The number of para-hydroxylation sites is 1. The van der Waals surface area contributed by atoms with Crippen LogP contribution in [0, 0.1) is 0 Å². The van der Waals surface area contributed by atoms with Crippen LogP contribution in [0.1, 0.15) is 10.4 Å². The van der Waals surface area contributed by atoms with Crippen molar-refractivity contribution in [2.24, 2.45) is 5.73 Å². The standard InChI is InChI=1S/C20H17N7O2/c21-20(29)14-6-7-17(22-10-14)15-11-24-26(12-15)13-19(28)25-18-8-9-23-27(18)16-4-2-1-3-5-16/h1-12H,13H2,(H2,21,29)(H,25,28). The van der Waals surface area contributed by atoms with E-state index in [1.54, 1.807) is 41.5 Å². The van der Waals surface area contributed by atoms with E-state index < -0.39 is 5.91 Å². The van der Waals surface area contributed by atoms with Crippen LogP contribution in [0.2, 0.25) is 0 Å². The van der Waals surface area contributed by atoms with Gasteiger partial charge in [0.05, 0.1) is 29.3 Å². The van der Waals surface area contributed by atoms with Gasteiger partial charge in [0.25, 0.3) is 0 Å². The average molecular weight is 387 g/mol. The monoisotopic (exact) mass is 387 g/mol. The Morgan fingerprint density at radius 3 is 2.55 bits per heavy atom. The molecule has 3 heterocycles. The summed E-state index contributed by atoms with van der Waals surface area (Å²) in [7, 11) is 0. The number of amides is 2. The highest BCUT2D eigenvalue weighted by molar-refractivity contribution is 5.92. The number of benzene rings is 1. The summed E-state index contributed by atoms with van der Waals surface area (Å²) < 4.78 is 3.16. The highest BCUT2D eigenvalue weighted by Gasteiger charge is 2.11. The molecule has 0 radical (unpaired) electrons. The minimum absolute atomic E-state index is 0.0271. The van der Waals surface area contributed by atoms with Gasteiger partial charge < -0.3 is 11.1 Å². The van der Waals surface area contributed by atoms with E-state index >= 15 is 0 Å². The lowest BCUT2D eigenvalue weighted by atomic mass is 10.2. The fraction of sp³-hybridized carbons (Fsp3) is 0.0500. The second-order valence-corrected chi connectivity index (χ2v) is 6.23. The summed E-state index contributed by atoms with van der Waals surface area (Å²) in [5, 5.41) is 11.3. The molecule has 0 saturated carbocycles. The van der Waals surface area contributed by atoms with E-state index in [2.05, 4.69) is 20.5 Å².